The van der Waals surface area contributed by atoms with Crippen molar-refractivity contribution in [3.8, 4) is 0 Å². The third kappa shape index (κ3) is 6.46. The van der Waals surface area contributed by atoms with Crippen molar-refractivity contribution in [2.45, 2.75) is 44.9 Å². The number of hydrogen-bond acceptors (Lipinski definition) is 8. The smallest absolute Gasteiger partial charge is 0.270 e. The fourth-order valence-electron chi connectivity index (χ4n) is 4.57. The van der Waals surface area contributed by atoms with Crippen LogP contribution in [0.3, 0.4) is 0 Å². The zero-order valence-electron chi connectivity index (χ0n) is 19.8. The highest BCUT2D eigenvalue weighted by atomic mass is 32.2. The lowest BCUT2D eigenvalue weighted by Crippen LogP contribution is -2.44. The van der Waals surface area contributed by atoms with Crippen LogP contribution in [0.4, 0.5) is 5.82 Å². The number of amides is 2. The van der Waals surface area contributed by atoms with Crippen LogP contribution >= 0.6 is 11.9 Å². The molecule has 1 saturated heterocycles. The maximum absolute atomic E-state index is 12.8. The first-order valence-electron chi connectivity index (χ1n) is 11.7. The Morgan fingerprint density at radius 3 is 2.50 bits per heavy atom. The number of nitrogens with one attached hydrogen (secondary N) is 3. The molecule has 1 aromatic heterocycles. The SMILES string of the molecule is CSN[C@@H](CNC(=O)c1cc(NC2CCN(C(C)=O)CC2)ncn1)CN1Cc2ccccc2C1. The molecule has 2 aromatic rings. The van der Waals surface area contributed by atoms with E-state index in [2.05, 4.69) is 54.5 Å². The average molecular weight is 484 g/mol. The summed E-state index contributed by atoms with van der Waals surface area (Å²) in [6.45, 7) is 6.28. The zero-order chi connectivity index (χ0) is 23.9. The molecule has 2 aliphatic heterocycles. The lowest BCUT2D eigenvalue weighted by atomic mass is 10.1. The van der Waals surface area contributed by atoms with Gasteiger partial charge in [-0.05, 0) is 30.2 Å². The Morgan fingerprint density at radius 2 is 1.85 bits per heavy atom. The Labute approximate surface area is 205 Å². The molecule has 2 amide bonds. The van der Waals surface area contributed by atoms with Gasteiger partial charge in [0, 0.05) is 64.3 Å². The van der Waals surface area contributed by atoms with Crippen LogP contribution in [-0.4, -0.2) is 76.1 Å². The van der Waals surface area contributed by atoms with E-state index in [4.69, 9.17) is 0 Å². The van der Waals surface area contributed by atoms with Crippen molar-refractivity contribution in [3.05, 3.63) is 53.5 Å². The molecule has 10 heteroatoms. The fourth-order valence-corrected chi connectivity index (χ4v) is 5.06. The van der Waals surface area contributed by atoms with E-state index >= 15 is 0 Å². The first-order chi connectivity index (χ1) is 16.5. The average Bonchev–Trinajstić information content (AvgIpc) is 3.25. The maximum atomic E-state index is 12.8. The summed E-state index contributed by atoms with van der Waals surface area (Å²) < 4.78 is 3.41. The van der Waals surface area contributed by atoms with Gasteiger partial charge >= 0.3 is 0 Å². The molecule has 3 heterocycles. The molecule has 0 bridgehead atoms. The molecule has 0 radical (unpaired) electrons. The fraction of sp³-hybridized carbons (Fsp3) is 0.500. The molecule has 34 heavy (non-hydrogen) atoms. The van der Waals surface area contributed by atoms with E-state index in [1.807, 2.05) is 11.2 Å². The summed E-state index contributed by atoms with van der Waals surface area (Å²) >= 11 is 1.56. The number of piperidine rings is 1. The maximum Gasteiger partial charge on any atom is 0.270 e. The second-order valence-electron chi connectivity index (χ2n) is 8.88. The summed E-state index contributed by atoms with van der Waals surface area (Å²) in [6.07, 6.45) is 5.12. The number of aromatic nitrogens is 2. The van der Waals surface area contributed by atoms with Gasteiger partial charge in [-0.1, -0.05) is 36.2 Å². The predicted octanol–water partition coefficient (Wildman–Crippen LogP) is 1.88. The number of nitrogens with zero attached hydrogens (tertiary/aromatic N) is 4. The van der Waals surface area contributed by atoms with Gasteiger partial charge in [0.2, 0.25) is 5.91 Å². The second kappa shape index (κ2) is 11.6. The number of rotatable bonds is 9. The number of carbonyl (C=O) groups is 2. The summed E-state index contributed by atoms with van der Waals surface area (Å²) in [7, 11) is 0. The van der Waals surface area contributed by atoms with E-state index in [0.29, 0.717) is 18.1 Å². The molecule has 1 fully saturated rings. The van der Waals surface area contributed by atoms with Gasteiger partial charge in [0.05, 0.1) is 0 Å². The molecule has 2 aliphatic rings. The van der Waals surface area contributed by atoms with E-state index in [1.54, 1.807) is 24.9 Å². The van der Waals surface area contributed by atoms with Crippen molar-refractivity contribution in [1.82, 2.24) is 29.8 Å². The van der Waals surface area contributed by atoms with Crippen molar-refractivity contribution < 1.29 is 9.59 Å². The van der Waals surface area contributed by atoms with Crippen molar-refractivity contribution >= 4 is 29.6 Å². The van der Waals surface area contributed by atoms with Crippen LogP contribution in [0.5, 0.6) is 0 Å². The topological polar surface area (TPSA) is 102 Å². The molecule has 182 valence electrons. The number of anilines is 1. The Hall–Kier alpha value is -2.69. The first-order valence-corrected chi connectivity index (χ1v) is 12.9. The third-order valence-corrected chi connectivity index (χ3v) is 6.94. The summed E-state index contributed by atoms with van der Waals surface area (Å²) in [5.74, 6) is 0.535. The van der Waals surface area contributed by atoms with Crippen LogP contribution in [0.15, 0.2) is 36.7 Å². The largest absolute Gasteiger partial charge is 0.367 e. The summed E-state index contributed by atoms with van der Waals surface area (Å²) in [6, 6.07) is 10.6. The molecule has 0 aliphatic carbocycles. The van der Waals surface area contributed by atoms with Crippen molar-refractivity contribution in [1.29, 1.82) is 0 Å². The molecular weight excluding hydrogens is 450 g/mol. The van der Waals surface area contributed by atoms with Crippen LogP contribution in [-0.2, 0) is 17.9 Å². The van der Waals surface area contributed by atoms with Crippen LogP contribution in [0.25, 0.3) is 0 Å². The molecular formula is C24H33N7O2S. The Morgan fingerprint density at radius 1 is 1.15 bits per heavy atom. The second-order valence-corrected chi connectivity index (χ2v) is 9.52. The lowest BCUT2D eigenvalue weighted by molar-refractivity contribution is -0.129. The van der Waals surface area contributed by atoms with Gasteiger partial charge in [-0.25, -0.2) is 9.97 Å². The normalized spacial score (nSPS) is 17.3. The molecule has 0 saturated carbocycles. The number of hydrogen-bond donors (Lipinski definition) is 3. The van der Waals surface area contributed by atoms with E-state index < -0.39 is 0 Å². The van der Waals surface area contributed by atoms with Gasteiger partial charge in [-0.3, -0.25) is 19.2 Å². The number of fused-ring (bicyclic) bond motifs is 1. The minimum atomic E-state index is -0.213. The molecule has 1 aromatic carbocycles. The third-order valence-electron chi connectivity index (χ3n) is 6.37. The van der Waals surface area contributed by atoms with Gasteiger partial charge in [-0.2, -0.15) is 0 Å². The van der Waals surface area contributed by atoms with Crippen molar-refractivity contribution in [2.75, 3.05) is 37.8 Å². The monoisotopic (exact) mass is 483 g/mol. The van der Waals surface area contributed by atoms with E-state index in [9.17, 15) is 9.59 Å². The summed E-state index contributed by atoms with van der Waals surface area (Å²) in [4.78, 5) is 37.0. The van der Waals surface area contributed by atoms with Crippen molar-refractivity contribution in [2.24, 2.45) is 0 Å². The van der Waals surface area contributed by atoms with E-state index in [1.165, 1.54) is 17.5 Å². The zero-order valence-corrected chi connectivity index (χ0v) is 20.6. The summed E-state index contributed by atoms with van der Waals surface area (Å²) in [5, 5.41) is 6.41. The standard InChI is InChI=1S/C24H33N7O2S/c1-17(32)31-9-7-20(8-10-31)28-23-11-22(26-16-27-23)24(33)25-12-21(29-34-2)15-30-13-18-5-3-4-6-19(18)14-30/h3-6,11,16,20-21,29H,7-10,12-15H2,1-2H3,(H,25,33)(H,26,27,28)/t21-/m0/s1. The Bertz CT molecular complexity index is 972. The quantitative estimate of drug-likeness (QED) is 0.465. The molecule has 0 unspecified atom stereocenters. The van der Waals surface area contributed by atoms with E-state index in [0.717, 1.165) is 45.6 Å². The van der Waals surface area contributed by atoms with Crippen LogP contribution in [0, 0.1) is 0 Å². The highest BCUT2D eigenvalue weighted by Crippen LogP contribution is 2.22. The Kier molecular flexibility index (Phi) is 8.36. The number of likely N-dealkylation sites (tertiary alicyclic amines) is 1. The molecule has 4 rings (SSSR count). The summed E-state index contributed by atoms with van der Waals surface area (Å²) in [5.41, 5.74) is 3.10. The number of carbonyl (C=O) groups excluding carboxylic acids is 2. The minimum absolute atomic E-state index is 0.110. The van der Waals surface area contributed by atoms with Crippen molar-refractivity contribution in [3.63, 3.8) is 0 Å². The van der Waals surface area contributed by atoms with Crippen LogP contribution < -0.4 is 15.4 Å². The number of benzene rings is 1. The highest BCUT2D eigenvalue weighted by Gasteiger charge is 2.23. The van der Waals surface area contributed by atoms with Crippen LogP contribution in [0.1, 0.15) is 41.4 Å². The molecule has 3 N–H and O–H groups in total. The van der Waals surface area contributed by atoms with Gasteiger partial charge in [0.15, 0.2) is 0 Å². The molecule has 9 nitrogen and oxygen atoms in total. The van der Waals surface area contributed by atoms with E-state index in [-0.39, 0.29) is 23.9 Å². The molecule has 0 spiro atoms. The van der Waals surface area contributed by atoms with Gasteiger partial charge in [0.25, 0.3) is 5.91 Å². The van der Waals surface area contributed by atoms with Gasteiger partial charge < -0.3 is 15.5 Å². The van der Waals surface area contributed by atoms with Crippen LogP contribution in [0.2, 0.25) is 0 Å². The first kappa shape index (κ1) is 24.4. The molecule has 1 atom stereocenters. The van der Waals surface area contributed by atoms with Gasteiger partial charge in [-0.15, -0.1) is 0 Å². The lowest BCUT2D eigenvalue weighted by Gasteiger charge is -2.31. The predicted molar refractivity (Wildman–Crippen MR) is 134 cm³/mol. The van der Waals surface area contributed by atoms with Gasteiger partial charge in [0.1, 0.15) is 17.8 Å². The highest BCUT2D eigenvalue weighted by molar-refractivity contribution is 7.96. The Balaban J connectivity index is 1.27. The minimum Gasteiger partial charge on any atom is -0.367 e.